The smallest absolute Gasteiger partial charge is 0.135 e. The molecule has 0 amide bonds. The fourth-order valence-electron chi connectivity index (χ4n) is 1.84. The molecule has 2 aromatic rings. The topological polar surface area (TPSA) is 53.2 Å². The summed E-state index contributed by atoms with van der Waals surface area (Å²) in [4.78, 5) is 0. The summed E-state index contributed by atoms with van der Waals surface area (Å²) in [6, 6.07) is 15.1. The maximum absolute atomic E-state index is 8.80. The van der Waals surface area contributed by atoms with Gasteiger partial charge in [-0.05, 0) is 42.3 Å². The molecular weight excluding hydrogens is 262 g/mol. The first-order valence-corrected chi connectivity index (χ1v) is 6.55. The maximum atomic E-state index is 8.80. The maximum Gasteiger partial charge on any atom is 0.135 e. The Morgan fingerprint density at radius 3 is 2.57 bits per heavy atom. The molecule has 2 rings (SSSR count). The molecule has 0 bridgehead atoms. The number of aryl methyl sites for hydroxylation is 1. The van der Waals surface area contributed by atoms with Crippen LogP contribution in [0, 0.1) is 30.1 Å². The highest BCUT2D eigenvalue weighted by Crippen LogP contribution is 2.20. The van der Waals surface area contributed by atoms with Gasteiger partial charge in [0.25, 0.3) is 0 Å². The highest BCUT2D eigenvalue weighted by molar-refractivity contribution is 5.48. The van der Waals surface area contributed by atoms with Gasteiger partial charge in [0, 0.05) is 0 Å². The van der Waals surface area contributed by atoms with E-state index in [1.165, 1.54) is 0 Å². The van der Waals surface area contributed by atoms with Gasteiger partial charge in [-0.2, -0.15) is 5.26 Å². The van der Waals surface area contributed by atoms with E-state index in [0.717, 1.165) is 16.7 Å². The summed E-state index contributed by atoms with van der Waals surface area (Å²) in [5.41, 5.74) is 3.46. The van der Waals surface area contributed by atoms with Crippen molar-refractivity contribution in [2.45, 2.75) is 13.5 Å². The monoisotopic (exact) mass is 277 g/mol. The lowest BCUT2D eigenvalue weighted by Crippen LogP contribution is -1.98. The van der Waals surface area contributed by atoms with E-state index in [1.807, 2.05) is 37.3 Å². The van der Waals surface area contributed by atoms with E-state index in [-0.39, 0.29) is 6.61 Å². The zero-order valence-corrected chi connectivity index (χ0v) is 11.8. The van der Waals surface area contributed by atoms with Crippen molar-refractivity contribution in [2.24, 2.45) is 0 Å². The van der Waals surface area contributed by atoms with Crippen molar-refractivity contribution in [1.82, 2.24) is 0 Å². The van der Waals surface area contributed by atoms with Crippen molar-refractivity contribution in [1.29, 1.82) is 5.26 Å². The lowest BCUT2D eigenvalue weighted by molar-refractivity contribution is 0.305. The first-order valence-electron chi connectivity index (χ1n) is 6.55. The summed E-state index contributed by atoms with van der Waals surface area (Å²) in [7, 11) is 0. The van der Waals surface area contributed by atoms with Crippen LogP contribution in [0.2, 0.25) is 0 Å². The number of ether oxygens (including phenoxy) is 1. The van der Waals surface area contributed by atoms with Crippen LogP contribution in [0.1, 0.15) is 22.3 Å². The minimum Gasteiger partial charge on any atom is -0.488 e. The van der Waals surface area contributed by atoms with Crippen molar-refractivity contribution < 1.29 is 9.84 Å². The molecule has 3 nitrogen and oxygen atoms in total. The Labute approximate surface area is 124 Å². The molecule has 21 heavy (non-hydrogen) atoms. The number of aliphatic hydroxyl groups excluding tert-OH is 1. The van der Waals surface area contributed by atoms with E-state index in [0.29, 0.717) is 17.9 Å². The molecule has 0 aliphatic carbocycles. The van der Waals surface area contributed by atoms with Crippen molar-refractivity contribution in [3.05, 3.63) is 64.7 Å². The summed E-state index contributed by atoms with van der Waals surface area (Å²) in [6.45, 7) is 2.21. The van der Waals surface area contributed by atoms with Gasteiger partial charge >= 0.3 is 0 Å². The number of nitriles is 1. The molecule has 0 saturated carbocycles. The van der Waals surface area contributed by atoms with Crippen LogP contribution in [0.25, 0.3) is 0 Å². The summed E-state index contributed by atoms with van der Waals surface area (Å²) in [5.74, 6) is 6.21. The molecule has 0 aliphatic rings. The molecule has 2 aromatic carbocycles. The molecule has 3 heteroatoms. The second-order valence-corrected chi connectivity index (χ2v) is 4.56. The zero-order valence-electron chi connectivity index (χ0n) is 11.8. The summed E-state index contributed by atoms with van der Waals surface area (Å²) >= 11 is 0. The molecule has 0 spiro atoms. The Hall–Kier alpha value is -2.75. The zero-order chi connectivity index (χ0) is 15.1. The van der Waals surface area contributed by atoms with E-state index in [1.54, 1.807) is 12.1 Å². The van der Waals surface area contributed by atoms with Gasteiger partial charge in [0.05, 0.1) is 17.2 Å². The number of aliphatic hydroxyl groups is 1. The third-order valence-electron chi connectivity index (χ3n) is 2.91. The molecule has 0 radical (unpaired) electrons. The van der Waals surface area contributed by atoms with Crippen LogP contribution in [-0.4, -0.2) is 11.7 Å². The van der Waals surface area contributed by atoms with Crippen molar-refractivity contribution in [3.8, 4) is 23.7 Å². The Morgan fingerprint density at radius 2 is 1.90 bits per heavy atom. The molecule has 1 N–H and O–H groups in total. The van der Waals surface area contributed by atoms with Crippen molar-refractivity contribution >= 4 is 0 Å². The lowest BCUT2D eigenvalue weighted by atomic mass is 10.1. The van der Waals surface area contributed by atoms with Crippen LogP contribution in [0.3, 0.4) is 0 Å². The Bertz CT molecular complexity index is 716. The normalized spacial score (nSPS) is 9.38. The van der Waals surface area contributed by atoms with E-state index in [4.69, 9.17) is 15.1 Å². The standard InChI is InChI=1S/C18H15NO2/c1-14-4-9-18(17(11-14)3-2-10-20)21-13-16-7-5-15(12-19)6-8-16/h4-9,11,20H,10,13H2,1H3. The molecule has 0 saturated heterocycles. The number of rotatable bonds is 3. The van der Waals surface area contributed by atoms with Gasteiger partial charge in [-0.3, -0.25) is 0 Å². The molecule has 0 fully saturated rings. The minimum absolute atomic E-state index is 0.178. The summed E-state index contributed by atoms with van der Waals surface area (Å²) < 4.78 is 5.78. The third kappa shape index (κ3) is 4.11. The Balaban J connectivity index is 2.13. The SMILES string of the molecule is Cc1ccc(OCc2ccc(C#N)cc2)c(C#CCO)c1. The Morgan fingerprint density at radius 1 is 1.14 bits per heavy atom. The van der Waals surface area contributed by atoms with Crippen LogP contribution in [-0.2, 0) is 6.61 Å². The van der Waals surface area contributed by atoms with Crippen LogP contribution < -0.4 is 4.74 Å². The first-order chi connectivity index (χ1) is 10.2. The molecule has 104 valence electrons. The van der Waals surface area contributed by atoms with Gasteiger partial charge in [0.15, 0.2) is 0 Å². The molecular formula is C18H15NO2. The average molecular weight is 277 g/mol. The van der Waals surface area contributed by atoms with E-state index >= 15 is 0 Å². The van der Waals surface area contributed by atoms with Gasteiger partial charge in [0.1, 0.15) is 19.0 Å². The number of nitrogens with zero attached hydrogens (tertiary/aromatic N) is 1. The van der Waals surface area contributed by atoms with E-state index < -0.39 is 0 Å². The predicted molar refractivity (Wildman–Crippen MR) is 80.6 cm³/mol. The lowest BCUT2D eigenvalue weighted by Gasteiger charge is -2.09. The summed E-state index contributed by atoms with van der Waals surface area (Å²) in [5, 5.41) is 17.6. The summed E-state index contributed by atoms with van der Waals surface area (Å²) in [6.07, 6.45) is 0. The van der Waals surface area contributed by atoms with E-state index in [9.17, 15) is 0 Å². The Kier molecular flexibility index (Phi) is 4.99. The van der Waals surface area contributed by atoms with Crippen LogP contribution in [0.4, 0.5) is 0 Å². The molecule has 0 aliphatic heterocycles. The van der Waals surface area contributed by atoms with E-state index in [2.05, 4.69) is 17.9 Å². The number of hydrogen-bond acceptors (Lipinski definition) is 3. The van der Waals surface area contributed by atoms with Crippen LogP contribution >= 0.6 is 0 Å². The van der Waals surface area contributed by atoms with Gasteiger partial charge in [-0.1, -0.05) is 30.0 Å². The highest BCUT2D eigenvalue weighted by Gasteiger charge is 2.03. The predicted octanol–water partition coefficient (Wildman–Crippen LogP) is 2.79. The number of hydrogen-bond donors (Lipinski definition) is 1. The molecule has 0 heterocycles. The van der Waals surface area contributed by atoms with Gasteiger partial charge in [0.2, 0.25) is 0 Å². The second-order valence-electron chi connectivity index (χ2n) is 4.56. The van der Waals surface area contributed by atoms with Crippen molar-refractivity contribution in [3.63, 3.8) is 0 Å². The highest BCUT2D eigenvalue weighted by atomic mass is 16.5. The fourth-order valence-corrected chi connectivity index (χ4v) is 1.84. The van der Waals surface area contributed by atoms with Gasteiger partial charge < -0.3 is 9.84 Å². The molecule has 0 unspecified atom stereocenters. The van der Waals surface area contributed by atoms with Gasteiger partial charge in [-0.25, -0.2) is 0 Å². The largest absolute Gasteiger partial charge is 0.488 e. The van der Waals surface area contributed by atoms with Crippen molar-refractivity contribution in [2.75, 3.05) is 6.61 Å². The van der Waals surface area contributed by atoms with Gasteiger partial charge in [-0.15, -0.1) is 0 Å². The second kappa shape index (κ2) is 7.14. The third-order valence-corrected chi connectivity index (χ3v) is 2.91. The number of benzene rings is 2. The first kappa shape index (κ1) is 14.7. The minimum atomic E-state index is -0.178. The molecule has 0 atom stereocenters. The fraction of sp³-hybridized carbons (Fsp3) is 0.167. The molecule has 0 aromatic heterocycles. The quantitative estimate of drug-likeness (QED) is 0.878. The van der Waals surface area contributed by atoms with Crippen LogP contribution in [0.15, 0.2) is 42.5 Å². The average Bonchev–Trinajstić information content (AvgIpc) is 2.52. The van der Waals surface area contributed by atoms with Crippen LogP contribution in [0.5, 0.6) is 5.75 Å².